The van der Waals surface area contributed by atoms with Gasteiger partial charge in [-0.05, 0) is 12.1 Å². The van der Waals surface area contributed by atoms with Gasteiger partial charge < -0.3 is 5.32 Å². The van der Waals surface area contributed by atoms with Crippen LogP contribution in [-0.2, 0) is 6.54 Å². The first-order valence-electron chi connectivity index (χ1n) is 5.30. The molecule has 0 saturated carbocycles. The van der Waals surface area contributed by atoms with Crippen LogP contribution in [0.5, 0.6) is 0 Å². The van der Waals surface area contributed by atoms with Crippen molar-refractivity contribution >= 4 is 5.69 Å². The molecule has 2 aromatic rings. The molecule has 1 nitrogen and oxygen atoms in total. The van der Waals surface area contributed by atoms with Crippen molar-refractivity contribution in [2.24, 2.45) is 0 Å². The van der Waals surface area contributed by atoms with Gasteiger partial charge in [-0.15, -0.1) is 0 Å². The topological polar surface area (TPSA) is 12.0 Å². The van der Waals surface area contributed by atoms with Gasteiger partial charge >= 0.3 is 0 Å². The lowest BCUT2D eigenvalue weighted by Gasteiger charge is -2.09. The molecule has 0 heterocycles. The third-order valence-corrected chi connectivity index (χ3v) is 2.51. The van der Waals surface area contributed by atoms with Crippen LogP contribution in [0.3, 0.4) is 0 Å². The number of hydrogen-bond donors (Lipinski definition) is 1. The Kier molecular flexibility index (Phi) is 3.69. The van der Waals surface area contributed by atoms with Crippen molar-refractivity contribution in [3.8, 4) is 0 Å². The van der Waals surface area contributed by atoms with Crippen molar-refractivity contribution in [1.29, 1.82) is 0 Å². The molecule has 0 aliphatic heterocycles. The SMILES string of the molecule is Fc1cc(F)c(F)c(NCc2c(F)cccc2F)c1. The van der Waals surface area contributed by atoms with Gasteiger partial charge in [0.15, 0.2) is 11.6 Å². The zero-order valence-electron chi connectivity index (χ0n) is 9.48. The van der Waals surface area contributed by atoms with Gasteiger partial charge in [0.1, 0.15) is 17.5 Å². The molecule has 0 atom stereocenters. The molecule has 0 radical (unpaired) electrons. The van der Waals surface area contributed by atoms with E-state index in [1.54, 1.807) is 0 Å². The highest BCUT2D eigenvalue weighted by Crippen LogP contribution is 2.21. The highest BCUT2D eigenvalue weighted by atomic mass is 19.2. The monoisotopic (exact) mass is 273 g/mol. The van der Waals surface area contributed by atoms with Gasteiger partial charge in [0.05, 0.1) is 5.69 Å². The van der Waals surface area contributed by atoms with Crippen LogP contribution < -0.4 is 5.32 Å². The summed E-state index contributed by atoms with van der Waals surface area (Å²) in [6, 6.07) is 4.32. The number of nitrogens with one attached hydrogen (secondary N) is 1. The van der Waals surface area contributed by atoms with E-state index in [0.29, 0.717) is 12.1 Å². The molecule has 0 unspecified atom stereocenters. The number of anilines is 1. The molecule has 100 valence electrons. The van der Waals surface area contributed by atoms with Crippen LogP contribution >= 0.6 is 0 Å². The van der Waals surface area contributed by atoms with Crippen molar-refractivity contribution in [3.05, 3.63) is 65.0 Å². The Hall–Kier alpha value is -2.11. The summed E-state index contributed by atoms with van der Waals surface area (Å²) in [5.41, 5.74) is -0.841. The summed E-state index contributed by atoms with van der Waals surface area (Å²) in [4.78, 5) is 0. The fourth-order valence-corrected chi connectivity index (χ4v) is 1.57. The molecule has 0 aliphatic rings. The summed E-state index contributed by atoms with van der Waals surface area (Å²) in [6.45, 7) is -0.432. The van der Waals surface area contributed by atoms with Gasteiger partial charge in [-0.1, -0.05) is 6.07 Å². The lowest BCUT2D eigenvalue weighted by molar-refractivity contribution is 0.497. The van der Waals surface area contributed by atoms with E-state index in [1.165, 1.54) is 6.07 Å². The Morgan fingerprint density at radius 3 is 2.11 bits per heavy atom. The molecule has 0 aromatic heterocycles. The largest absolute Gasteiger partial charge is 0.378 e. The minimum absolute atomic E-state index is 0.341. The van der Waals surface area contributed by atoms with Gasteiger partial charge in [-0.3, -0.25) is 0 Å². The Morgan fingerprint density at radius 1 is 0.842 bits per heavy atom. The van der Waals surface area contributed by atoms with Crippen LogP contribution in [0.2, 0.25) is 0 Å². The Morgan fingerprint density at radius 2 is 1.47 bits per heavy atom. The summed E-state index contributed by atoms with van der Waals surface area (Å²) in [7, 11) is 0. The molecule has 0 bridgehead atoms. The van der Waals surface area contributed by atoms with E-state index in [4.69, 9.17) is 0 Å². The summed E-state index contributed by atoms with van der Waals surface area (Å²) in [5, 5.41) is 2.26. The molecule has 0 amide bonds. The van der Waals surface area contributed by atoms with Crippen molar-refractivity contribution < 1.29 is 22.0 Å². The number of rotatable bonds is 3. The standard InChI is InChI=1S/C13H8F5N/c14-7-4-11(17)13(18)12(5-7)19-6-8-9(15)2-1-3-10(8)16/h1-5,19H,6H2. The van der Waals surface area contributed by atoms with E-state index in [-0.39, 0.29) is 5.56 Å². The molecule has 0 fully saturated rings. The average Bonchev–Trinajstić information content (AvgIpc) is 2.34. The quantitative estimate of drug-likeness (QED) is 0.658. The predicted octanol–water partition coefficient (Wildman–Crippen LogP) is 3.99. The predicted molar refractivity (Wildman–Crippen MR) is 60.0 cm³/mol. The Labute approximate surface area is 105 Å². The molecule has 0 aliphatic carbocycles. The van der Waals surface area contributed by atoms with Crippen LogP contribution in [0.25, 0.3) is 0 Å². The lowest BCUT2D eigenvalue weighted by Crippen LogP contribution is -2.07. The van der Waals surface area contributed by atoms with Crippen LogP contribution in [0.4, 0.5) is 27.6 Å². The first-order valence-corrected chi connectivity index (χ1v) is 5.30. The minimum atomic E-state index is -1.38. The van der Waals surface area contributed by atoms with Gasteiger partial charge in [0, 0.05) is 24.2 Å². The van der Waals surface area contributed by atoms with E-state index < -0.39 is 41.3 Å². The van der Waals surface area contributed by atoms with E-state index in [0.717, 1.165) is 12.1 Å². The molecule has 0 spiro atoms. The van der Waals surface area contributed by atoms with E-state index in [9.17, 15) is 22.0 Å². The van der Waals surface area contributed by atoms with Crippen LogP contribution in [-0.4, -0.2) is 0 Å². The maximum Gasteiger partial charge on any atom is 0.182 e. The maximum absolute atomic E-state index is 13.3. The molecule has 2 aromatic carbocycles. The van der Waals surface area contributed by atoms with Gasteiger partial charge in [-0.2, -0.15) is 0 Å². The zero-order chi connectivity index (χ0) is 14.0. The number of benzene rings is 2. The third-order valence-electron chi connectivity index (χ3n) is 2.51. The van der Waals surface area contributed by atoms with E-state index in [1.807, 2.05) is 0 Å². The second kappa shape index (κ2) is 5.26. The van der Waals surface area contributed by atoms with Crippen molar-refractivity contribution in [2.45, 2.75) is 6.54 Å². The molecule has 0 saturated heterocycles. The number of halogens is 5. The summed E-state index contributed by atoms with van der Waals surface area (Å²) >= 11 is 0. The fraction of sp³-hybridized carbons (Fsp3) is 0.0769. The fourth-order valence-electron chi connectivity index (χ4n) is 1.57. The normalized spacial score (nSPS) is 10.6. The molecule has 2 rings (SSSR count). The summed E-state index contributed by atoms with van der Waals surface area (Å²) in [5.74, 6) is -5.33. The highest BCUT2D eigenvalue weighted by molar-refractivity contribution is 5.46. The Balaban J connectivity index is 2.24. The van der Waals surface area contributed by atoms with Crippen molar-refractivity contribution in [1.82, 2.24) is 0 Å². The number of hydrogen-bond acceptors (Lipinski definition) is 1. The van der Waals surface area contributed by atoms with Crippen molar-refractivity contribution in [2.75, 3.05) is 5.32 Å². The highest BCUT2D eigenvalue weighted by Gasteiger charge is 2.13. The maximum atomic E-state index is 13.3. The van der Waals surface area contributed by atoms with Crippen LogP contribution in [0.1, 0.15) is 5.56 Å². The van der Waals surface area contributed by atoms with Gasteiger partial charge in [0.25, 0.3) is 0 Å². The van der Waals surface area contributed by atoms with E-state index >= 15 is 0 Å². The summed E-state index contributed by atoms with van der Waals surface area (Å²) < 4.78 is 65.7. The zero-order valence-corrected chi connectivity index (χ0v) is 9.48. The molecule has 6 heteroatoms. The van der Waals surface area contributed by atoms with Gasteiger partial charge in [-0.25, -0.2) is 22.0 Å². The first-order chi connectivity index (χ1) is 8.99. The second-order valence-electron chi connectivity index (χ2n) is 3.80. The molecular weight excluding hydrogens is 265 g/mol. The second-order valence-corrected chi connectivity index (χ2v) is 3.80. The summed E-state index contributed by atoms with van der Waals surface area (Å²) in [6.07, 6.45) is 0. The minimum Gasteiger partial charge on any atom is -0.378 e. The first kappa shape index (κ1) is 13.3. The van der Waals surface area contributed by atoms with Crippen LogP contribution in [0.15, 0.2) is 30.3 Å². The van der Waals surface area contributed by atoms with Crippen molar-refractivity contribution in [3.63, 3.8) is 0 Å². The van der Waals surface area contributed by atoms with Crippen LogP contribution in [0, 0.1) is 29.1 Å². The lowest BCUT2D eigenvalue weighted by atomic mass is 10.2. The Bertz CT molecular complexity index is 592. The van der Waals surface area contributed by atoms with E-state index in [2.05, 4.69) is 5.32 Å². The van der Waals surface area contributed by atoms with Gasteiger partial charge in [0.2, 0.25) is 0 Å². The molecule has 19 heavy (non-hydrogen) atoms. The molecular formula is C13H8F5N. The molecule has 1 N–H and O–H groups in total. The average molecular weight is 273 g/mol. The smallest absolute Gasteiger partial charge is 0.182 e. The third kappa shape index (κ3) is 2.83.